The molecule has 0 radical (unpaired) electrons. The van der Waals surface area contributed by atoms with Gasteiger partial charge in [0.25, 0.3) is 0 Å². The average Bonchev–Trinajstić information content (AvgIpc) is 2.71. The Labute approximate surface area is 179 Å². The maximum absolute atomic E-state index is 11.9. The van der Waals surface area contributed by atoms with Gasteiger partial charge in [-0.3, -0.25) is 9.59 Å². The van der Waals surface area contributed by atoms with Gasteiger partial charge >= 0.3 is 11.9 Å². The molecule has 0 N–H and O–H groups in total. The van der Waals surface area contributed by atoms with Gasteiger partial charge in [-0.25, -0.2) is 0 Å². The smallest absolute Gasteiger partial charge is 0.305 e. The Kier molecular flexibility index (Phi) is 20.8. The third-order valence-corrected chi connectivity index (χ3v) is 5.26. The first kappa shape index (κ1) is 27.9. The fourth-order valence-electron chi connectivity index (χ4n) is 3.33. The van der Waals surface area contributed by atoms with Gasteiger partial charge in [-0.05, 0) is 31.6 Å². The third-order valence-electron chi connectivity index (χ3n) is 5.26. The number of carbonyl (C=O) groups excluding carboxylic acids is 2. The highest BCUT2D eigenvalue weighted by molar-refractivity contribution is 5.72. The van der Waals surface area contributed by atoms with E-state index in [1.54, 1.807) is 7.11 Å². The van der Waals surface area contributed by atoms with Crippen LogP contribution in [0.15, 0.2) is 0 Å². The van der Waals surface area contributed by atoms with Crippen LogP contribution in [-0.2, 0) is 23.8 Å². The molecule has 0 aromatic carbocycles. The van der Waals surface area contributed by atoms with E-state index in [9.17, 15) is 9.59 Å². The summed E-state index contributed by atoms with van der Waals surface area (Å²) in [5, 5.41) is 0. The monoisotopic (exact) mass is 414 g/mol. The predicted molar refractivity (Wildman–Crippen MR) is 118 cm³/mol. The molecule has 5 heteroatoms. The summed E-state index contributed by atoms with van der Waals surface area (Å²) >= 11 is 0. The molecule has 0 heterocycles. The van der Waals surface area contributed by atoms with E-state index in [2.05, 4.69) is 13.8 Å². The van der Waals surface area contributed by atoms with Crippen LogP contribution in [0.1, 0.15) is 110 Å². The second kappa shape index (κ2) is 21.6. The summed E-state index contributed by atoms with van der Waals surface area (Å²) in [4.78, 5) is 23.6. The third kappa shape index (κ3) is 20.0. The molecule has 0 rings (SSSR count). The lowest BCUT2D eigenvalue weighted by Gasteiger charge is -2.16. The maximum atomic E-state index is 11.9. The van der Waals surface area contributed by atoms with E-state index in [1.807, 2.05) is 0 Å². The van der Waals surface area contributed by atoms with E-state index in [1.165, 1.54) is 51.4 Å². The number of esters is 2. The summed E-state index contributed by atoms with van der Waals surface area (Å²) in [5.74, 6) is 0.126. The average molecular weight is 415 g/mol. The molecule has 1 atom stereocenters. The van der Waals surface area contributed by atoms with Crippen molar-refractivity contribution in [2.45, 2.75) is 110 Å². The first-order chi connectivity index (χ1) is 14.1. The molecule has 0 bridgehead atoms. The summed E-state index contributed by atoms with van der Waals surface area (Å²) in [6.45, 7) is 6.11. The molecule has 0 aromatic rings. The first-order valence-electron chi connectivity index (χ1n) is 11.9. The molecule has 0 aromatic heterocycles. The molecular formula is C24H46O5. The van der Waals surface area contributed by atoms with E-state index in [0.717, 1.165) is 32.3 Å². The lowest BCUT2D eigenvalue weighted by molar-refractivity contribution is -0.145. The topological polar surface area (TPSA) is 61.8 Å². The number of hydrogen-bond donors (Lipinski definition) is 0. The van der Waals surface area contributed by atoms with Crippen molar-refractivity contribution >= 4 is 11.9 Å². The summed E-state index contributed by atoms with van der Waals surface area (Å²) in [6, 6.07) is 0. The SMILES string of the molecule is CCCCCCCOC(=O)CCCC(=O)OCCC(CCCCCC)CCOC. The van der Waals surface area contributed by atoms with Crippen molar-refractivity contribution in [3.63, 3.8) is 0 Å². The van der Waals surface area contributed by atoms with Crippen molar-refractivity contribution in [1.82, 2.24) is 0 Å². The van der Waals surface area contributed by atoms with Crippen LogP contribution in [0.25, 0.3) is 0 Å². The second-order valence-corrected chi connectivity index (χ2v) is 7.99. The van der Waals surface area contributed by atoms with Crippen molar-refractivity contribution in [3.8, 4) is 0 Å². The van der Waals surface area contributed by atoms with Crippen molar-refractivity contribution < 1.29 is 23.8 Å². The van der Waals surface area contributed by atoms with E-state index in [4.69, 9.17) is 14.2 Å². The summed E-state index contributed by atoms with van der Waals surface area (Å²) < 4.78 is 15.8. The summed E-state index contributed by atoms with van der Waals surface area (Å²) in [7, 11) is 1.73. The molecule has 0 saturated heterocycles. The Morgan fingerprint density at radius 2 is 1.17 bits per heavy atom. The quantitative estimate of drug-likeness (QED) is 0.165. The van der Waals surface area contributed by atoms with Gasteiger partial charge in [-0.15, -0.1) is 0 Å². The lowest BCUT2D eigenvalue weighted by atomic mass is 9.95. The minimum Gasteiger partial charge on any atom is -0.466 e. The summed E-state index contributed by atoms with van der Waals surface area (Å²) in [6.07, 6.45) is 14.9. The van der Waals surface area contributed by atoms with Crippen LogP contribution in [0.4, 0.5) is 0 Å². The minimum absolute atomic E-state index is 0.208. The molecule has 1 unspecified atom stereocenters. The van der Waals surface area contributed by atoms with Crippen LogP contribution in [0, 0.1) is 5.92 Å². The van der Waals surface area contributed by atoms with Crippen LogP contribution in [0.3, 0.4) is 0 Å². The standard InChI is InChI=1S/C24H46O5/c1-4-6-8-10-12-19-28-23(25)15-13-16-24(26)29-21-18-22(17-20-27-3)14-11-9-7-5-2/h22H,4-21H2,1-3H3. The van der Waals surface area contributed by atoms with Gasteiger partial charge < -0.3 is 14.2 Å². The number of methoxy groups -OCH3 is 1. The number of rotatable bonds is 21. The molecule has 0 aliphatic rings. The van der Waals surface area contributed by atoms with Gasteiger partial charge in [0, 0.05) is 26.6 Å². The van der Waals surface area contributed by atoms with Gasteiger partial charge in [-0.1, -0.05) is 71.6 Å². The molecule has 0 saturated carbocycles. The highest BCUT2D eigenvalue weighted by Crippen LogP contribution is 2.18. The largest absolute Gasteiger partial charge is 0.466 e. The Hall–Kier alpha value is -1.10. The van der Waals surface area contributed by atoms with Gasteiger partial charge in [0.05, 0.1) is 13.2 Å². The van der Waals surface area contributed by atoms with Crippen LogP contribution in [-0.4, -0.2) is 38.9 Å². The van der Waals surface area contributed by atoms with E-state index < -0.39 is 0 Å². The molecular weight excluding hydrogens is 368 g/mol. The molecule has 0 spiro atoms. The van der Waals surface area contributed by atoms with Crippen LogP contribution in [0.5, 0.6) is 0 Å². The second-order valence-electron chi connectivity index (χ2n) is 7.99. The molecule has 0 aliphatic carbocycles. The normalized spacial score (nSPS) is 12.0. The molecule has 5 nitrogen and oxygen atoms in total. The van der Waals surface area contributed by atoms with Gasteiger partial charge in [0.1, 0.15) is 0 Å². The molecule has 0 fully saturated rings. The van der Waals surface area contributed by atoms with E-state index in [0.29, 0.717) is 25.6 Å². The molecule has 0 amide bonds. The van der Waals surface area contributed by atoms with E-state index in [-0.39, 0.29) is 24.8 Å². The Balaban J connectivity index is 3.74. The van der Waals surface area contributed by atoms with Crippen LogP contribution in [0.2, 0.25) is 0 Å². The number of hydrogen-bond acceptors (Lipinski definition) is 5. The lowest BCUT2D eigenvalue weighted by Crippen LogP contribution is -2.12. The van der Waals surface area contributed by atoms with Gasteiger partial charge in [0.15, 0.2) is 0 Å². The molecule has 29 heavy (non-hydrogen) atoms. The van der Waals surface area contributed by atoms with Crippen LogP contribution < -0.4 is 0 Å². The Morgan fingerprint density at radius 3 is 1.79 bits per heavy atom. The highest BCUT2D eigenvalue weighted by atomic mass is 16.5. The minimum atomic E-state index is -0.214. The zero-order valence-electron chi connectivity index (χ0n) is 19.3. The predicted octanol–water partition coefficient (Wildman–Crippen LogP) is 6.23. The zero-order valence-corrected chi connectivity index (χ0v) is 19.3. The zero-order chi connectivity index (χ0) is 21.6. The Bertz CT molecular complexity index is 383. The summed E-state index contributed by atoms with van der Waals surface area (Å²) in [5.41, 5.74) is 0. The van der Waals surface area contributed by atoms with Gasteiger partial charge in [-0.2, -0.15) is 0 Å². The van der Waals surface area contributed by atoms with Crippen LogP contribution >= 0.6 is 0 Å². The molecule has 0 aliphatic heterocycles. The first-order valence-corrected chi connectivity index (χ1v) is 11.9. The van der Waals surface area contributed by atoms with E-state index >= 15 is 0 Å². The number of unbranched alkanes of at least 4 members (excludes halogenated alkanes) is 7. The van der Waals surface area contributed by atoms with Crippen molar-refractivity contribution in [1.29, 1.82) is 0 Å². The maximum Gasteiger partial charge on any atom is 0.305 e. The van der Waals surface area contributed by atoms with Crippen molar-refractivity contribution in [2.24, 2.45) is 5.92 Å². The fraction of sp³-hybridized carbons (Fsp3) is 0.917. The van der Waals surface area contributed by atoms with Gasteiger partial charge in [0.2, 0.25) is 0 Å². The number of ether oxygens (including phenoxy) is 3. The molecule has 172 valence electrons. The Morgan fingerprint density at radius 1 is 0.621 bits per heavy atom. The highest BCUT2D eigenvalue weighted by Gasteiger charge is 2.11. The van der Waals surface area contributed by atoms with Crippen molar-refractivity contribution in [3.05, 3.63) is 0 Å². The fourth-order valence-corrected chi connectivity index (χ4v) is 3.33. The number of carbonyl (C=O) groups is 2. The van der Waals surface area contributed by atoms with Crippen molar-refractivity contribution in [2.75, 3.05) is 26.9 Å².